The van der Waals surface area contributed by atoms with Crippen LogP contribution in [0.3, 0.4) is 0 Å². The second-order valence-corrected chi connectivity index (χ2v) is 3.80. The van der Waals surface area contributed by atoms with Crippen LogP contribution in [0.25, 0.3) is 0 Å². The van der Waals surface area contributed by atoms with E-state index in [-0.39, 0.29) is 0 Å². The van der Waals surface area contributed by atoms with Gasteiger partial charge in [-0.05, 0) is 25.2 Å². The first-order valence-corrected chi connectivity index (χ1v) is 4.61. The smallest absolute Gasteiger partial charge is 0.106 e. The van der Waals surface area contributed by atoms with Crippen LogP contribution in [-0.2, 0) is 11.3 Å². The molecule has 1 heterocycles. The zero-order valence-corrected chi connectivity index (χ0v) is 8.16. The molecule has 1 fully saturated rings. The average molecular weight is 177 g/mol. The minimum atomic E-state index is 0.377. The van der Waals surface area contributed by atoms with Gasteiger partial charge in [-0.2, -0.15) is 0 Å². The molecule has 0 bridgehead atoms. The van der Waals surface area contributed by atoms with Crippen molar-refractivity contribution < 1.29 is 4.74 Å². The zero-order chi connectivity index (χ0) is 9.26. The lowest BCUT2D eigenvalue weighted by Gasteiger charge is -2.09. The normalized spacial score (nSPS) is 20.7. The largest absolute Gasteiger partial charge is 0.368 e. The molecule has 0 N–H and O–H groups in total. The molecule has 1 aliphatic rings. The van der Waals surface area contributed by atoms with E-state index in [0.29, 0.717) is 6.10 Å². The minimum absolute atomic E-state index is 0.377. The van der Waals surface area contributed by atoms with Gasteiger partial charge in [-0.15, -0.1) is 0 Å². The fourth-order valence-electron chi connectivity index (χ4n) is 1.50. The zero-order valence-electron chi connectivity index (χ0n) is 8.16. The summed E-state index contributed by atoms with van der Waals surface area (Å²) in [6.07, 6.45) is 0.377. The summed E-state index contributed by atoms with van der Waals surface area (Å²) in [4.78, 5) is 2.17. The van der Waals surface area contributed by atoms with E-state index >= 15 is 0 Å². The van der Waals surface area contributed by atoms with Gasteiger partial charge in [0, 0.05) is 6.54 Å². The molecule has 1 unspecified atom stereocenters. The van der Waals surface area contributed by atoms with Crippen molar-refractivity contribution in [2.45, 2.75) is 12.6 Å². The Bertz CT molecular complexity index is 292. The van der Waals surface area contributed by atoms with Gasteiger partial charge in [0.1, 0.15) is 6.10 Å². The Labute approximate surface area is 79.1 Å². The van der Waals surface area contributed by atoms with Crippen molar-refractivity contribution in [1.29, 1.82) is 0 Å². The topological polar surface area (TPSA) is 15.8 Å². The first-order valence-electron chi connectivity index (χ1n) is 4.61. The highest BCUT2D eigenvalue weighted by Crippen LogP contribution is 2.29. The Morgan fingerprint density at radius 3 is 2.85 bits per heavy atom. The molecule has 1 aliphatic heterocycles. The van der Waals surface area contributed by atoms with Crippen LogP contribution < -0.4 is 0 Å². The van der Waals surface area contributed by atoms with Gasteiger partial charge in [0.2, 0.25) is 0 Å². The molecule has 1 atom stereocenters. The van der Waals surface area contributed by atoms with E-state index in [1.54, 1.807) is 0 Å². The Morgan fingerprint density at radius 2 is 2.23 bits per heavy atom. The number of ether oxygens (including phenoxy) is 1. The lowest BCUT2D eigenvalue weighted by Crippen LogP contribution is -2.10. The predicted octanol–water partition coefficient (Wildman–Crippen LogP) is 1.82. The molecule has 2 rings (SSSR count). The van der Waals surface area contributed by atoms with Gasteiger partial charge in [-0.1, -0.05) is 24.3 Å². The third-order valence-electron chi connectivity index (χ3n) is 2.15. The van der Waals surface area contributed by atoms with Gasteiger partial charge in [-0.3, -0.25) is 0 Å². The molecule has 1 saturated heterocycles. The monoisotopic (exact) mass is 177 g/mol. The van der Waals surface area contributed by atoms with Crippen LogP contribution in [0.1, 0.15) is 17.2 Å². The van der Waals surface area contributed by atoms with Crippen LogP contribution in [-0.4, -0.2) is 25.6 Å². The maximum atomic E-state index is 5.24. The molecule has 1 aromatic carbocycles. The summed E-state index contributed by atoms with van der Waals surface area (Å²) >= 11 is 0. The predicted molar refractivity (Wildman–Crippen MR) is 52.5 cm³/mol. The van der Waals surface area contributed by atoms with E-state index in [2.05, 4.69) is 43.3 Å². The second-order valence-electron chi connectivity index (χ2n) is 3.80. The summed E-state index contributed by atoms with van der Waals surface area (Å²) in [6, 6.07) is 8.64. The molecule has 0 spiro atoms. The molecule has 0 amide bonds. The van der Waals surface area contributed by atoms with E-state index in [1.807, 2.05) is 0 Å². The van der Waals surface area contributed by atoms with Crippen LogP contribution in [0.2, 0.25) is 0 Å². The summed E-state index contributed by atoms with van der Waals surface area (Å²) in [5, 5.41) is 0. The summed E-state index contributed by atoms with van der Waals surface area (Å²) in [5.41, 5.74) is 2.68. The van der Waals surface area contributed by atoms with Crippen molar-refractivity contribution >= 4 is 0 Å². The van der Waals surface area contributed by atoms with E-state index in [4.69, 9.17) is 4.74 Å². The number of benzene rings is 1. The Kier molecular flexibility index (Phi) is 2.34. The van der Waals surface area contributed by atoms with E-state index in [0.717, 1.165) is 13.2 Å². The van der Waals surface area contributed by atoms with Gasteiger partial charge in [0.25, 0.3) is 0 Å². The SMILES string of the molecule is CN(C)Cc1cccc(C2CO2)c1. The molecule has 2 nitrogen and oxygen atoms in total. The number of epoxide rings is 1. The van der Waals surface area contributed by atoms with E-state index in [1.165, 1.54) is 11.1 Å². The highest BCUT2D eigenvalue weighted by atomic mass is 16.6. The number of hydrogen-bond donors (Lipinski definition) is 0. The third kappa shape index (κ3) is 2.29. The van der Waals surface area contributed by atoms with Gasteiger partial charge in [-0.25, -0.2) is 0 Å². The molecule has 0 aliphatic carbocycles. The maximum Gasteiger partial charge on any atom is 0.106 e. The Hall–Kier alpha value is -0.860. The van der Waals surface area contributed by atoms with Crippen molar-refractivity contribution in [1.82, 2.24) is 4.90 Å². The Morgan fingerprint density at radius 1 is 1.46 bits per heavy atom. The minimum Gasteiger partial charge on any atom is -0.368 e. The maximum absolute atomic E-state index is 5.24. The molecule has 70 valence electrons. The molecule has 0 saturated carbocycles. The standard InChI is InChI=1S/C11H15NO/c1-12(2)7-9-4-3-5-10(6-9)11-8-13-11/h3-6,11H,7-8H2,1-2H3. The first-order chi connectivity index (χ1) is 6.25. The van der Waals surface area contributed by atoms with Gasteiger partial charge < -0.3 is 9.64 Å². The lowest BCUT2D eigenvalue weighted by atomic mass is 10.1. The fraction of sp³-hybridized carbons (Fsp3) is 0.455. The third-order valence-corrected chi connectivity index (χ3v) is 2.15. The van der Waals surface area contributed by atoms with E-state index in [9.17, 15) is 0 Å². The summed E-state index contributed by atoms with van der Waals surface area (Å²) in [7, 11) is 4.17. The second kappa shape index (κ2) is 3.48. The lowest BCUT2D eigenvalue weighted by molar-refractivity contribution is 0.400. The van der Waals surface area contributed by atoms with Gasteiger partial charge in [0.05, 0.1) is 6.61 Å². The summed E-state index contributed by atoms with van der Waals surface area (Å²) in [5.74, 6) is 0. The highest BCUT2D eigenvalue weighted by Gasteiger charge is 2.24. The van der Waals surface area contributed by atoms with Crippen LogP contribution in [0, 0.1) is 0 Å². The quantitative estimate of drug-likeness (QED) is 0.654. The van der Waals surface area contributed by atoms with Crippen LogP contribution >= 0.6 is 0 Å². The summed E-state index contributed by atoms with van der Waals surface area (Å²) < 4.78 is 5.24. The molecular weight excluding hydrogens is 162 g/mol. The van der Waals surface area contributed by atoms with Crippen LogP contribution in [0.4, 0.5) is 0 Å². The van der Waals surface area contributed by atoms with Crippen molar-refractivity contribution in [3.63, 3.8) is 0 Å². The molecule has 0 radical (unpaired) electrons. The van der Waals surface area contributed by atoms with Crippen molar-refractivity contribution in [2.75, 3.05) is 20.7 Å². The van der Waals surface area contributed by atoms with Gasteiger partial charge in [0.15, 0.2) is 0 Å². The first kappa shape index (κ1) is 8.73. The molecular formula is C11H15NO. The highest BCUT2D eigenvalue weighted by molar-refractivity contribution is 5.26. The molecule has 0 aromatic heterocycles. The fourth-order valence-corrected chi connectivity index (χ4v) is 1.50. The number of hydrogen-bond acceptors (Lipinski definition) is 2. The van der Waals surface area contributed by atoms with E-state index < -0.39 is 0 Å². The Balaban J connectivity index is 2.12. The molecule has 13 heavy (non-hydrogen) atoms. The van der Waals surface area contributed by atoms with Crippen molar-refractivity contribution in [3.05, 3.63) is 35.4 Å². The average Bonchev–Trinajstić information content (AvgIpc) is 2.85. The van der Waals surface area contributed by atoms with Crippen molar-refractivity contribution in [2.24, 2.45) is 0 Å². The van der Waals surface area contributed by atoms with Crippen LogP contribution in [0.15, 0.2) is 24.3 Å². The van der Waals surface area contributed by atoms with Crippen LogP contribution in [0.5, 0.6) is 0 Å². The summed E-state index contributed by atoms with van der Waals surface area (Å²) in [6.45, 7) is 1.89. The number of nitrogens with zero attached hydrogens (tertiary/aromatic N) is 1. The number of rotatable bonds is 3. The molecule has 2 heteroatoms. The molecule has 1 aromatic rings. The van der Waals surface area contributed by atoms with Crippen molar-refractivity contribution in [3.8, 4) is 0 Å². The van der Waals surface area contributed by atoms with Gasteiger partial charge >= 0.3 is 0 Å².